The highest BCUT2D eigenvalue weighted by Crippen LogP contribution is 2.12. The zero-order valence-corrected chi connectivity index (χ0v) is 10.5. The highest BCUT2D eigenvalue weighted by Gasteiger charge is 2.08. The molecule has 19 heavy (non-hydrogen) atoms. The van der Waals surface area contributed by atoms with Crippen LogP contribution in [0, 0.1) is 10.1 Å². The van der Waals surface area contributed by atoms with Gasteiger partial charge in [0.1, 0.15) is 0 Å². The molecule has 0 aliphatic rings. The van der Waals surface area contributed by atoms with Crippen molar-refractivity contribution in [2.45, 2.75) is 13.3 Å². The first-order valence-electron chi connectivity index (χ1n) is 5.79. The minimum Gasteiger partial charge on any atom is -0.355 e. The van der Waals surface area contributed by atoms with E-state index in [0.717, 1.165) is 0 Å². The van der Waals surface area contributed by atoms with Crippen molar-refractivity contribution in [3.63, 3.8) is 0 Å². The van der Waals surface area contributed by atoms with E-state index in [1.54, 1.807) is 6.92 Å². The minimum atomic E-state index is -0.501. The van der Waals surface area contributed by atoms with Crippen LogP contribution in [-0.4, -0.2) is 29.8 Å². The number of nitrogens with zero attached hydrogens (tertiary/aromatic N) is 1. The Morgan fingerprint density at radius 2 is 1.79 bits per heavy atom. The van der Waals surface area contributed by atoms with Gasteiger partial charge in [-0.1, -0.05) is 12.1 Å². The van der Waals surface area contributed by atoms with Crippen molar-refractivity contribution in [3.8, 4) is 0 Å². The molecule has 1 aromatic carbocycles. The fraction of sp³-hybridized carbons (Fsp3) is 0.333. The molecule has 102 valence electrons. The third kappa shape index (κ3) is 5.15. The highest BCUT2D eigenvalue weighted by atomic mass is 16.6. The second kappa shape index (κ2) is 7.10. The van der Waals surface area contributed by atoms with Gasteiger partial charge >= 0.3 is 0 Å². The molecule has 2 amide bonds. The molecule has 0 spiro atoms. The first-order valence-corrected chi connectivity index (χ1v) is 5.79. The average molecular weight is 265 g/mol. The van der Waals surface area contributed by atoms with Gasteiger partial charge in [0.25, 0.3) is 5.69 Å². The van der Waals surface area contributed by atoms with Crippen LogP contribution in [0.1, 0.15) is 12.5 Å². The summed E-state index contributed by atoms with van der Waals surface area (Å²) in [6.45, 7) is 2.23. The lowest BCUT2D eigenvalue weighted by molar-refractivity contribution is -0.384. The smallest absolute Gasteiger partial charge is 0.269 e. The Morgan fingerprint density at radius 1 is 1.16 bits per heavy atom. The lowest BCUT2D eigenvalue weighted by atomic mass is 10.1. The van der Waals surface area contributed by atoms with Gasteiger partial charge in [-0.05, 0) is 12.5 Å². The standard InChI is InChI=1S/C12H15N3O4/c1-2-13-12(17)8-14-11(16)7-9-3-5-10(6-4-9)15(18)19/h3-6H,2,7-8H2,1H3,(H,13,17)(H,14,16). The largest absolute Gasteiger partial charge is 0.355 e. The van der Waals surface area contributed by atoms with Gasteiger partial charge in [0.15, 0.2) is 0 Å². The molecule has 1 rings (SSSR count). The number of nitro benzene ring substituents is 1. The van der Waals surface area contributed by atoms with Gasteiger partial charge in [0, 0.05) is 18.7 Å². The van der Waals surface area contributed by atoms with E-state index >= 15 is 0 Å². The number of amides is 2. The van der Waals surface area contributed by atoms with Crippen molar-refractivity contribution < 1.29 is 14.5 Å². The molecule has 0 radical (unpaired) electrons. The van der Waals surface area contributed by atoms with Crippen LogP contribution < -0.4 is 10.6 Å². The van der Waals surface area contributed by atoms with Crippen LogP contribution in [0.5, 0.6) is 0 Å². The molecular formula is C12H15N3O4. The molecule has 0 aromatic heterocycles. The summed E-state index contributed by atoms with van der Waals surface area (Å²) in [5.74, 6) is -0.556. The molecular weight excluding hydrogens is 250 g/mol. The number of rotatable bonds is 6. The Labute approximate surface area is 110 Å². The molecule has 0 aliphatic heterocycles. The van der Waals surface area contributed by atoms with Gasteiger partial charge in [-0.2, -0.15) is 0 Å². The van der Waals surface area contributed by atoms with Crippen LogP contribution in [0.2, 0.25) is 0 Å². The Bertz CT molecular complexity index is 470. The molecule has 0 fully saturated rings. The van der Waals surface area contributed by atoms with Crippen LogP contribution in [0.4, 0.5) is 5.69 Å². The number of nitro groups is 1. The second-order valence-corrected chi connectivity index (χ2v) is 3.83. The molecule has 2 N–H and O–H groups in total. The molecule has 7 nitrogen and oxygen atoms in total. The summed E-state index contributed by atoms with van der Waals surface area (Å²) in [6.07, 6.45) is 0.0808. The van der Waals surface area contributed by atoms with E-state index in [0.29, 0.717) is 12.1 Å². The number of carbonyl (C=O) groups excluding carboxylic acids is 2. The predicted molar refractivity (Wildman–Crippen MR) is 68.5 cm³/mol. The Kier molecular flexibility index (Phi) is 5.46. The van der Waals surface area contributed by atoms with E-state index in [1.807, 2.05) is 0 Å². The number of benzene rings is 1. The van der Waals surface area contributed by atoms with Crippen LogP contribution in [0.3, 0.4) is 0 Å². The molecule has 0 heterocycles. The number of non-ortho nitro benzene ring substituents is 1. The number of hydrogen-bond acceptors (Lipinski definition) is 4. The average Bonchev–Trinajstić information content (AvgIpc) is 2.37. The summed E-state index contributed by atoms with van der Waals surface area (Å²) in [6, 6.07) is 5.71. The fourth-order valence-electron chi connectivity index (χ4n) is 1.42. The Balaban J connectivity index is 2.44. The van der Waals surface area contributed by atoms with Crippen molar-refractivity contribution in [2.24, 2.45) is 0 Å². The zero-order valence-electron chi connectivity index (χ0n) is 10.5. The summed E-state index contributed by atoms with van der Waals surface area (Å²) < 4.78 is 0. The second-order valence-electron chi connectivity index (χ2n) is 3.83. The van der Waals surface area contributed by atoms with Crippen molar-refractivity contribution in [3.05, 3.63) is 39.9 Å². The van der Waals surface area contributed by atoms with Crippen molar-refractivity contribution in [2.75, 3.05) is 13.1 Å². The number of hydrogen-bond donors (Lipinski definition) is 2. The molecule has 0 unspecified atom stereocenters. The van der Waals surface area contributed by atoms with Gasteiger partial charge in [-0.3, -0.25) is 19.7 Å². The van der Waals surface area contributed by atoms with Crippen LogP contribution >= 0.6 is 0 Å². The summed E-state index contributed by atoms with van der Waals surface area (Å²) in [4.78, 5) is 32.6. The van der Waals surface area contributed by atoms with Crippen molar-refractivity contribution in [1.82, 2.24) is 10.6 Å². The maximum absolute atomic E-state index is 11.5. The molecule has 7 heteroatoms. The van der Waals surface area contributed by atoms with E-state index in [-0.39, 0.29) is 30.5 Å². The zero-order chi connectivity index (χ0) is 14.3. The summed E-state index contributed by atoms with van der Waals surface area (Å²) in [5.41, 5.74) is 0.630. The summed E-state index contributed by atoms with van der Waals surface area (Å²) in [5, 5.41) is 15.5. The van der Waals surface area contributed by atoms with Gasteiger partial charge in [0.05, 0.1) is 17.9 Å². The van der Waals surface area contributed by atoms with Crippen molar-refractivity contribution >= 4 is 17.5 Å². The monoisotopic (exact) mass is 265 g/mol. The van der Waals surface area contributed by atoms with E-state index < -0.39 is 4.92 Å². The molecule has 0 bridgehead atoms. The maximum atomic E-state index is 11.5. The quantitative estimate of drug-likeness (QED) is 0.573. The number of nitrogens with one attached hydrogen (secondary N) is 2. The van der Waals surface area contributed by atoms with E-state index in [1.165, 1.54) is 24.3 Å². The molecule has 1 aromatic rings. The third-order valence-corrected chi connectivity index (χ3v) is 2.33. The highest BCUT2D eigenvalue weighted by molar-refractivity contribution is 5.85. The van der Waals surface area contributed by atoms with Gasteiger partial charge in [-0.25, -0.2) is 0 Å². The minimum absolute atomic E-state index is 0.0218. The fourth-order valence-corrected chi connectivity index (χ4v) is 1.42. The van der Waals surface area contributed by atoms with Crippen molar-refractivity contribution in [1.29, 1.82) is 0 Å². The molecule has 0 aliphatic carbocycles. The van der Waals surface area contributed by atoms with Crippen LogP contribution in [-0.2, 0) is 16.0 Å². The first kappa shape index (κ1) is 14.6. The topological polar surface area (TPSA) is 101 Å². The van der Waals surface area contributed by atoms with Gasteiger partial charge < -0.3 is 10.6 Å². The van der Waals surface area contributed by atoms with Gasteiger partial charge in [-0.15, -0.1) is 0 Å². The van der Waals surface area contributed by atoms with E-state index in [2.05, 4.69) is 10.6 Å². The SMILES string of the molecule is CCNC(=O)CNC(=O)Cc1ccc([N+](=O)[O-])cc1. The lowest BCUT2D eigenvalue weighted by Crippen LogP contribution is -2.37. The molecule has 0 saturated carbocycles. The van der Waals surface area contributed by atoms with Crippen LogP contribution in [0.15, 0.2) is 24.3 Å². The Morgan fingerprint density at radius 3 is 2.32 bits per heavy atom. The number of carbonyl (C=O) groups is 2. The first-order chi connectivity index (χ1) is 9.02. The Hall–Kier alpha value is -2.44. The lowest BCUT2D eigenvalue weighted by Gasteiger charge is -2.05. The summed E-state index contributed by atoms with van der Waals surface area (Å²) in [7, 11) is 0. The van der Waals surface area contributed by atoms with E-state index in [9.17, 15) is 19.7 Å². The van der Waals surface area contributed by atoms with Gasteiger partial charge in [0.2, 0.25) is 11.8 Å². The molecule has 0 saturated heterocycles. The normalized spacial score (nSPS) is 9.74. The van der Waals surface area contributed by atoms with Crippen LogP contribution in [0.25, 0.3) is 0 Å². The third-order valence-electron chi connectivity index (χ3n) is 2.33. The maximum Gasteiger partial charge on any atom is 0.269 e. The number of likely N-dealkylation sites (N-methyl/N-ethyl adjacent to an activating group) is 1. The van der Waals surface area contributed by atoms with E-state index in [4.69, 9.17) is 0 Å². The summed E-state index contributed by atoms with van der Waals surface area (Å²) >= 11 is 0. The molecule has 0 atom stereocenters. The predicted octanol–water partition coefficient (Wildman–Crippen LogP) is 0.390.